The van der Waals surface area contributed by atoms with E-state index in [0.29, 0.717) is 25.1 Å². The van der Waals surface area contributed by atoms with Crippen LogP contribution in [0.4, 0.5) is 0 Å². The molecule has 0 saturated carbocycles. The lowest BCUT2D eigenvalue weighted by Crippen LogP contribution is -2.56. The van der Waals surface area contributed by atoms with Crippen LogP contribution in [0.1, 0.15) is 24.1 Å². The van der Waals surface area contributed by atoms with Gasteiger partial charge in [0.05, 0.1) is 12.9 Å². The van der Waals surface area contributed by atoms with Crippen molar-refractivity contribution in [2.24, 2.45) is 5.73 Å². The van der Waals surface area contributed by atoms with E-state index < -0.39 is 41.8 Å². The summed E-state index contributed by atoms with van der Waals surface area (Å²) in [6.07, 6.45) is 4.27. The maximum atomic E-state index is 13.3. The lowest BCUT2D eigenvalue weighted by Gasteiger charge is -2.29. The Morgan fingerprint density at radius 2 is 1.91 bits per heavy atom. The van der Waals surface area contributed by atoms with Gasteiger partial charge in [0.1, 0.15) is 18.1 Å². The summed E-state index contributed by atoms with van der Waals surface area (Å²) in [6.45, 7) is 0.0434. The van der Waals surface area contributed by atoms with Crippen molar-refractivity contribution in [3.05, 3.63) is 54.1 Å². The second kappa shape index (κ2) is 11.2. The van der Waals surface area contributed by atoms with Gasteiger partial charge in [-0.2, -0.15) is 0 Å². The summed E-state index contributed by atoms with van der Waals surface area (Å²) in [5, 5.41) is 14.8. The third-order valence-corrected chi connectivity index (χ3v) is 5.53. The number of aromatic amines is 1. The smallest absolute Gasteiger partial charge is 0.326 e. The molecule has 1 aliphatic heterocycles. The highest BCUT2D eigenvalue weighted by atomic mass is 16.4. The summed E-state index contributed by atoms with van der Waals surface area (Å²) in [5.74, 6) is -2.62. The predicted molar refractivity (Wildman–Crippen MR) is 118 cm³/mol. The van der Waals surface area contributed by atoms with E-state index in [4.69, 9.17) is 5.73 Å². The molecule has 3 amide bonds. The van der Waals surface area contributed by atoms with Gasteiger partial charge in [0, 0.05) is 31.3 Å². The molecule has 0 aliphatic carbocycles. The number of amides is 3. The number of carboxylic acids is 1. The maximum Gasteiger partial charge on any atom is 0.326 e. The van der Waals surface area contributed by atoms with Gasteiger partial charge in [-0.1, -0.05) is 30.3 Å². The first-order chi connectivity index (χ1) is 15.9. The second-order valence-corrected chi connectivity index (χ2v) is 7.88. The number of H-pyrrole nitrogens is 1. The lowest BCUT2D eigenvalue weighted by molar-refractivity contribution is -0.144. The van der Waals surface area contributed by atoms with Gasteiger partial charge in [-0.25, -0.2) is 9.78 Å². The van der Waals surface area contributed by atoms with E-state index in [9.17, 15) is 24.3 Å². The molecular formula is C22H28N6O5. The molecule has 0 spiro atoms. The van der Waals surface area contributed by atoms with E-state index in [1.807, 2.05) is 6.07 Å². The van der Waals surface area contributed by atoms with E-state index in [1.165, 1.54) is 11.2 Å². The molecule has 11 heteroatoms. The van der Waals surface area contributed by atoms with Crippen LogP contribution >= 0.6 is 0 Å². The van der Waals surface area contributed by atoms with Crippen molar-refractivity contribution in [3.63, 3.8) is 0 Å². The monoisotopic (exact) mass is 456 g/mol. The van der Waals surface area contributed by atoms with Crippen LogP contribution in [-0.2, 0) is 32.0 Å². The van der Waals surface area contributed by atoms with Gasteiger partial charge in [0.25, 0.3) is 0 Å². The first-order valence-electron chi connectivity index (χ1n) is 10.7. The van der Waals surface area contributed by atoms with Crippen LogP contribution in [-0.4, -0.2) is 74.9 Å². The minimum absolute atomic E-state index is 0.123. The highest BCUT2D eigenvalue weighted by Crippen LogP contribution is 2.20. The number of hydrogen-bond donors (Lipinski definition) is 5. The normalized spacial score (nSPS) is 17.2. The van der Waals surface area contributed by atoms with Crippen LogP contribution < -0.4 is 16.4 Å². The first kappa shape index (κ1) is 23.9. The molecule has 11 nitrogen and oxygen atoms in total. The van der Waals surface area contributed by atoms with Crippen molar-refractivity contribution in [1.29, 1.82) is 0 Å². The van der Waals surface area contributed by atoms with E-state index >= 15 is 0 Å². The third-order valence-electron chi connectivity index (χ3n) is 5.53. The van der Waals surface area contributed by atoms with Gasteiger partial charge < -0.3 is 31.4 Å². The standard InChI is InChI=1S/C22H28N6O5/c23-11-19(29)26-16(10-15-12-24-13-25-15)21(31)28-8-4-7-18(28)20(30)27-17(22(32)33)9-14-5-2-1-3-6-14/h1-3,5-6,12-13,16-18H,4,7-11,23H2,(H,24,25)(H,26,29)(H,27,30)(H,32,33). The van der Waals surface area contributed by atoms with E-state index in [1.54, 1.807) is 30.5 Å². The Bertz CT molecular complexity index is 965. The number of nitrogens with two attached hydrogens (primary N) is 1. The van der Waals surface area contributed by atoms with Crippen LogP contribution in [0.25, 0.3) is 0 Å². The average molecular weight is 457 g/mol. The van der Waals surface area contributed by atoms with Crippen molar-refractivity contribution in [2.75, 3.05) is 13.1 Å². The molecule has 6 N–H and O–H groups in total. The number of carbonyl (C=O) groups is 4. The number of likely N-dealkylation sites (tertiary alicyclic amines) is 1. The summed E-state index contributed by atoms with van der Waals surface area (Å²) in [5.41, 5.74) is 6.80. The van der Waals surface area contributed by atoms with Crippen LogP contribution in [0.15, 0.2) is 42.9 Å². The Kier molecular flexibility index (Phi) is 8.14. The van der Waals surface area contributed by atoms with Gasteiger partial charge in [-0.15, -0.1) is 0 Å². The zero-order valence-electron chi connectivity index (χ0n) is 18.1. The maximum absolute atomic E-state index is 13.3. The molecule has 2 aromatic rings. The lowest BCUT2D eigenvalue weighted by atomic mass is 10.0. The molecule has 1 aromatic carbocycles. The van der Waals surface area contributed by atoms with Gasteiger partial charge in [-0.3, -0.25) is 14.4 Å². The quantitative estimate of drug-likeness (QED) is 0.311. The highest BCUT2D eigenvalue weighted by Gasteiger charge is 2.39. The number of aromatic nitrogens is 2. The fraction of sp³-hybridized carbons (Fsp3) is 0.409. The Labute approximate surface area is 190 Å². The molecule has 3 unspecified atom stereocenters. The van der Waals surface area contributed by atoms with Crippen molar-refractivity contribution >= 4 is 23.7 Å². The molecule has 1 aromatic heterocycles. The van der Waals surface area contributed by atoms with Crippen LogP contribution in [0.2, 0.25) is 0 Å². The van der Waals surface area contributed by atoms with E-state index in [-0.39, 0.29) is 19.4 Å². The summed E-state index contributed by atoms with van der Waals surface area (Å²) in [6, 6.07) is 6.09. The highest BCUT2D eigenvalue weighted by molar-refractivity contribution is 5.94. The van der Waals surface area contributed by atoms with Gasteiger partial charge in [0.2, 0.25) is 17.7 Å². The number of benzene rings is 1. The molecular weight excluding hydrogens is 428 g/mol. The number of rotatable bonds is 10. The topological polar surface area (TPSA) is 171 Å². The molecule has 0 radical (unpaired) electrons. The number of nitrogens with one attached hydrogen (secondary N) is 3. The fourth-order valence-electron chi connectivity index (χ4n) is 3.89. The average Bonchev–Trinajstić information content (AvgIpc) is 3.50. The summed E-state index contributed by atoms with van der Waals surface area (Å²) >= 11 is 0. The van der Waals surface area contributed by atoms with Crippen LogP contribution in [0, 0.1) is 0 Å². The van der Waals surface area contributed by atoms with Crippen molar-refractivity contribution in [3.8, 4) is 0 Å². The molecule has 33 heavy (non-hydrogen) atoms. The number of carbonyl (C=O) groups excluding carboxylic acids is 3. The first-order valence-corrected chi connectivity index (χ1v) is 10.7. The molecule has 0 bridgehead atoms. The third kappa shape index (κ3) is 6.39. The summed E-state index contributed by atoms with van der Waals surface area (Å²) in [4.78, 5) is 58.1. The SMILES string of the molecule is NCC(=O)NC(Cc1cnc[nH]1)C(=O)N1CCCC1C(=O)NC(Cc1ccccc1)C(=O)O. The Morgan fingerprint density at radius 3 is 2.55 bits per heavy atom. The number of aliphatic carboxylic acids is 1. The van der Waals surface area contributed by atoms with Crippen LogP contribution in [0.5, 0.6) is 0 Å². The zero-order chi connectivity index (χ0) is 23.8. The van der Waals surface area contributed by atoms with Crippen molar-refractivity contribution < 1.29 is 24.3 Å². The minimum atomic E-state index is -1.16. The largest absolute Gasteiger partial charge is 0.480 e. The Morgan fingerprint density at radius 1 is 1.15 bits per heavy atom. The minimum Gasteiger partial charge on any atom is -0.480 e. The molecule has 176 valence electrons. The molecule has 2 heterocycles. The summed E-state index contributed by atoms with van der Waals surface area (Å²) < 4.78 is 0. The Hall–Kier alpha value is -3.73. The predicted octanol–water partition coefficient (Wildman–Crippen LogP) is -0.801. The Balaban J connectivity index is 1.71. The van der Waals surface area contributed by atoms with Crippen LogP contribution in [0.3, 0.4) is 0 Å². The zero-order valence-corrected chi connectivity index (χ0v) is 18.1. The number of nitrogens with zero attached hydrogens (tertiary/aromatic N) is 2. The van der Waals surface area contributed by atoms with Gasteiger partial charge >= 0.3 is 5.97 Å². The molecule has 1 aliphatic rings. The molecule has 3 rings (SSSR count). The molecule has 1 saturated heterocycles. The van der Waals surface area contributed by atoms with Crippen molar-refractivity contribution in [2.45, 2.75) is 43.8 Å². The molecule has 3 atom stereocenters. The van der Waals surface area contributed by atoms with E-state index in [2.05, 4.69) is 20.6 Å². The van der Waals surface area contributed by atoms with Crippen molar-refractivity contribution in [1.82, 2.24) is 25.5 Å². The second-order valence-electron chi connectivity index (χ2n) is 7.88. The van der Waals surface area contributed by atoms with Gasteiger partial charge in [0.15, 0.2) is 0 Å². The van der Waals surface area contributed by atoms with Gasteiger partial charge in [-0.05, 0) is 18.4 Å². The fourth-order valence-corrected chi connectivity index (χ4v) is 3.89. The number of carboxylic acid groups (broad SMARTS) is 1. The molecule has 1 fully saturated rings. The number of imidazole rings is 1. The summed E-state index contributed by atoms with van der Waals surface area (Å²) in [7, 11) is 0. The number of hydrogen-bond acceptors (Lipinski definition) is 6. The van der Waals surface area contributed by atoms with E-state index in [0.717, 1.165) is 5.56 Å².